The van der Waals surface area contributed by atoms with Gasteiger partial charge in [0.15, 0.2) is 0 Å². The highest BCUT2D eigenvalue weighted by atomic mass is 19.4. The van der Waals surface area contributed by atoms with Crippen molar-refractivity contribution >= 4 is 0 Å². The monoisotopic (exact) mass is 249 g/mol. The Labute approximate surface area is 99.0 Å². The third-order valence-electron chi connectivity index (χ3n) is 2.63. The second kappa shape index (κ2) is 5.53. The first-order chi connectivity index (χ1) is 7.85. The molecule has 1 N–H and O–H groups in total. The fourth-order valence-electron chi connectivity index (χ4n) is 1.85. The lowest BCUT2D eigenvalue weighted by Crippen LogP contribution is -2.33. The van der Waals surface area contributed by atoms with Gasteiger partial charge in [-0.1, -0.05) is 0 Å². The van der Waals surface area contributed by atoms with Crippen molar-refractivity contribution in [2.45, 2.75) is 45.5 Å². The van der Waals surface area contributed by atoms with Crippen molar-refractivity contribution in [1.82, 2.24) is 15.1 Å². The lowest BCUT2D eigenvalue weighted by Gasteiger charge is -2.18. The quantitative estimate of drug-likeness (QED) is 0.867. The molecule has 1 unspecified atom stereocenters. The van der Waals surface area contributed by atoms with E-state index < -0.39 is 18.6 Å². The van der Waals surface area contributed by atoms with Crippen molar-refractivity contribution in [2.75, 3.05) is 7.05 Å². The highest BCUT2D eigenvalue weighted by Crippen LogP contribution is 2.23. The standard InChI is InChI=1S/C11H18F3N3/c1-4-17-10(5-8(2)16-17)6-9(15-3)7-11(12,13)14/h5,9,15H,4,6-7H2,1-3H3. The van der Waals surface area contributed by atoms with Gasteiger partial charge in [-0.2, -0.15) is 18.3 Å². The SMILES string of the molecule is CCn1nc(C)cc1CC(CC(F)(F)F)NC. The molecule has 0 saturated carbocycles. The largest absolute Gasteiger partial charge is 0.390 e. The molecule has 1 aromatic heterocycles. The maximum atomic E-state index is 12.3. The molecule has 6 heteroatoms. The van der Waals surface area contributed by atoms with Crippen molar-refractivity contribution in [3.8, 4) is 0 Å². The van der Waals surface area contributed by atoms with Crippen LogP contribution < -0.4 is 5.32 Å². The van der Waals surface area contributed by atoms with Gasteiger partial charge in [0, 0.05) is 24.7 Å². The molecule has 0 saturated heterocycles. The second-order valence-electron chi connectivity index (χ2n) is 4.10. The van der Waals surface area contributed by atoms with Crippen LogP contribution in [0.25, 0.3) is 0 Å². The molecule has 1 rings (SSSR count). The molecular formula is C11H18F3N3. The molecule has 17 heavy (non-hydrogen) atoms. The third kappa shape index (κ3) is 4.38. The summed E-state index contributed by atoms with van der Waals surface area (Å²) in [5.41, 5.74) is 1.68. The average molecular weight is 249 g/mol. The highest BCUT2D eigenvalue weighted by molar-refractivity contribution is 5.10. The summed E-state index contributed by atoms with van der Waals surface area (Å²) >= 11 is 0. The van der Waals surface area contributed by atoms with Gasteiger partial charge in [0.25, 0.3) is 0 Å². The fourth-order valence-corrected chi connectivity index (χ4v) is 1.85. The maximum Gasteiger partial charge on any atom is 0.390 e. The normalized spacial score (nSPS) is 14.0. The summed E-state index contributed by atoms with van der Waals surface area (Å²) < 4.78 is 38.7. The van der Waals surface area contributed by atoms with Gasteiger partial charge in [0.1, 0.15) is 0 Å². The topological polar surface area (TPSA) is 29.9 Å². The Bertz CT molecular complexity index is 357. The van der Waals surface area contributed by atoms with Crippen LogP contribution in [-0.2, 0) is 13.0 Å². The van der Waals surface area contributed by atoms with Crippen molar-refractivity contribution in [3.05, 3.63) is 17.5 Å². The number of alkyl halides is 3. The first-order valence-corrected chi connectivity index (χ1v) is 5.63. The van der Waals surface area contributed by atoms with E-state index in [9.17, 15) is 13.2 Å². The van der Waals surface area contributed by atoms with Crippen LogP contribution >= 0.6 is 0 Å². The Hall–Kier alpha value is -1.04. The summed E-state index contributed by atoms with van der Waals surface area (Å²) in [7, 11) is 1.55. The minimum Gasteiger partial charge on any atom is -0.316 e. The maximum absolute atomic E-state index is 12.3. The van der Waals surface area contributed by atoms with E-state index in [1.807, 2.05) is 19.9 Å². The van der Waals surface area contributed by atoms with E-state index in [1.54, 1.807) is 11.7 Å². The fraction of sp³-hybridized carbons (Fsp3) is 0.727. The second-order valence-corrected chi connectivity index (χ2v) is 4.10. The van der Waals surface area contributed by atoms with E-state index in [0.717, 1.165) is 11.4 Å². The van der Waals surface area contributed by atoms with E-state index in [1.165, 1.54) is 0 Å². The molecule has 0 radical (unpaired) electrons. The number of halogens is 3. The van der Waals surface area contributed by atoms with Crippen molar-refractivity contribution in [2.24, 2.45) is 0 Å². The van der Waals surface area contributed by atoms with Gasteiger partial charge in [0.05, 0.1) is 12.1 Å². The molecule has 0 fully saturated rings. The smallest absolute Gasteiger partial charge is 0.316 e. The van der Waals surface area contributed by atoms with Crippen LogP contribution in [-0.4, -0.2) is 29.0 Å². The van der Waals surface area contributed by atoms with Crippen LogP contribution in [0.2, 0.25) is 0 Å². The summed E-state index contributed by atoms with van der Waals surface area (Å²) in [6.45, 7) is 4.44. The van der Waals surface area contributed by atoms with Gasteiger partial charge < -0.3 is 5.32 Å². The molecule has 1 atom stereocenters. The summed E-state index contributed by atoms with van der Waals surface area (Å²) in [6, 6.07) is 1.24. The lowest BCUT2D eigenvalue weighted by atomic mass is 10.1. The molecule has 1 heterocycles. The zero-order valence-corrected chi connectivity index (χ0v) is 10.3. The minimum absolute atomic E-state index is 0.338. The Morgan fingerprint density at radius 3 is 2.59 bits per heavy atom. The molecular weight excluding hydrogens is 231 g/mol. The van der Waals surface area contributed by atoms with Gasteiger partial charge in [-0.05, 0) is 27.0 Å². The molecule has 1 aromatic rings. The molecule has 0 amide bonds. The summed E-state index contributed by atoms with van der Waals surface area (Å²) in [4.78, 5) is 0. The predicted molar refractivity (Wildman–Crippen MR) is 59.9 cm³/mol. The van der Waals surface area contributed by atoms with Crippen LogP contribution in [0.3, 0.4) is 0 Å². The van der Waals surface area contributed by atoms with Crippen LogP contribution in [0.5, 0.6) is 0 Å². The molecule has 0 aliphatic rings. The van der Waals surface area contributed by atoms with Crippen molar-refractivity contribution < 1.29 is 13.2 Å². The number of nitrogens with zero attached hydrogens (tertiary/aromatic N) is 2. The first-order valence-electron chi connectivity index (χ1n) is 5.63. The van der Waals surface area contributed by atoms with Crippen LogP contribution in [0.1, 0.15) is 24.7 Å². The summed E-state index contributed by atoms with van der Waals surface area (Å²) in [6.07, 6.45) is -4.62. The van der Waals surface area contributed by atoms with Gasteiger partial charge in [0.2, 0.25) is 0 Å². The van der Waals surface area contributed by atoms with Crippen LogP contribution in [0, 0.1) is 6.92 Å². The number of rotatable bonds is 5. The Morgan fingerprint density at radius 2 is 2.12 bits per heavy atom. The van der Waals surface area contributed by atoms with Gasteiger partial charge in [-0.3, -0.25) is 4.68 Å². The number of aromatic nitrogens is 2. The predicted octanol–water partition coefficient (Wildman–Crippen LogP) is 2.29. The summed E-state index contributed by atoms with van der Waals surface area (Å²) in [5, 5.41) is 6.93. The van der Waals surface area contributed by atoms with Crippen molar-refractivity contribution in [3.63, 3.8) is 0 Å². The number of aryl methyl sites for hydroxylation is 2. The molecule has 0 aliphatic carbocycles. The molecule has 98 valence electrons. The van der Waals surface area contributed by atoms with Crippen LogP contribution in [0.4, 0.5) is 13.2 Å². The third-order valence-corrected chi connectivity index (χ3v) is 2.63. The van der Waals surface area contributed by atoms with E-state index in [2.05, 4.69) is 10.4 Å². The number of hydrogen-bond donors (Lipinski definition) is 1. The average Bonchev–Trinajstić information content (AvgIpc) is 2.55. The Morgan fingerprint density at radius 1 is 1.47 bits per heavy atom. The van der Waals surface area contributed by atoms with Gasteiger partial charge in [-0.25, -0.2) is 0 Å². The van der Waals surface area contributed by atoms with Gasteiger partial charge >= 0.3 is 6.18 Å². The van der Waals surface area contributed by atoms with Gasteiger partial charge in [-0.15, -0.1) is 0 Å². The van der Waals surface area contributed by atoms with E-state index >= 15 is 0 Å². The number of hydrogen-bond acceptors (Lipinski definition) is 2. The van der Waals surface area contributed by atoms with Crippen LogP contribution in [0.15, 0.2) is 6.07 Å². The lowest BCUT2D eigenvalue weighted by molar-refractivity contribution is -0.139. The van der Waals surface area contributed by atoms with E-state index in [-0.39, 0.29) is 0 Å². The van der Waals surface area contributed by atoms with E-state index in [4.69, 9.17) is 0 Å². The zero-order chi connectivity index (χ0) is 13.1. The number of nitrogens with one attached hydrogen (secondary N) is 1. The molecule has 0 aromatic carbocycles. The molecule has 0 spiro atoms. The Balaban J connectivity index is 2.73. The zero-order valence-electron chi connectivity index (χ0n) is 10.3. The molecule has 3 nitrogen and oxygen atoms in total. The van der Waals surface area contributed by atoms with E-state index in [0.29, 0.717) is 13.0 Å². The first kappa shape index (κ1) is 14.0. The minimum atomic E-state index is -4.14. The molecule has 0 bridgehead atoms. The highest BCUT2D eigenvalue weighted by Gasteiger charge is 2.31. The number of likely N-dealkylation sites (N-methyl/N-ethyl adjacent to an activating group) is 1. The Kier molecular flexibility index (Phi) is 4.56. The summed E-state index contributed by atoms with van der Waals surface area (Å²) in [5.74, 6) is 0. The van der Waals surface area contributed by atoms with Crippen molar-refractivity contribution in [1.29, 1.82) is 0 Å². The molecule has 0 aliphatic heterocycles.